The number of carbonyl (C=O) groups is 1. The molecule has 8 heteroatoms. The lowest BCUT2D eigenvalue weighted by Crippen LogP contribution is -2.41. The molecule has 0 bridgehead atoms. The van der Waals surface area contributed by atoms with E-state index in [0.717, 1.165) is 31.9 Å². The Bertz CT molecular complexity index is 930. The van der Waals surface area contributed by atoms with Gasteiger partial charge in [0, 0.05) is 4.47 Å². The van der Waals surface area contributed by atoms with Crippen LogP contribution in [0.3, 0.4) is 0 Å². The lowest BCUT2D eigenvalue weighted by molar-refractivity contribution is -0.120. The van der Waals surface area contributed by atoms with Crippen LogP contribution in [0.5, 0.6) is 5.75 Å². The van der Waals surface area contributed by atoms with Crippen LogP contribution < -0.4 is 14.4 Å². The number of rotatable bonds is 8. The van der Waals surface area contributed by atoms with Gasteiger partial charge in [0.2, 0.25) is 15.9 Å². The van der Waals surface area contributed by atoms with Gasteiger partial charge in [-0.2, -0.15) is 0 Å². The average Bonchev–Trinajstić information content (AvgIpc) is 2.62. The third-order valence-corrected chi connectivity index (χ3v) is 6.22. The van der Waals surface area contributed by atoms with Crippen molar-refractivity contribution in [3.63, 3.8) is 0 Å². The SMILES string of the molecule is CCOc1ccc([C@H](C)NC(=O)CN(c2ccc(Br)c(C)c2)S(C)(=O)=O)cc1. The Morgan fingerprint density at radius 2 is 1.86 bits per heavy atom. The third-order valence-electron chi connectivity index (χ3n) is 4.19. The molecular weight excluding hydrogens is 444 g/mol. The Balaban J connectivity index is 2.12. The van der Waals surface area contributed by atoms with Gasteiger partial charge < -0.3 is 10.1 Å². The van der Waals surface area contributed by atoms with E-state index in [-0.39, 0.29) is 18.5 Å². The van der Waals surface area contributed by atoms with Crippen molar-refractivity contribution in [1.29, 1.82) is 0 Å². The molecule has 6 nitrogen and oxygen atoms in total. The topological polar surface area (TPSA) is 75.7 Å². The molecule has 0 fully saturated rings. The lowest BCUT2D eigenvalue weighted by atomic mass is 10.1. The van der Waals surface area contributed by atoms with Crippen molar-refractivity contribution in [3.05, 3.63) is 58.1 Å². The highest BCUT2D eigenvalue weighted by atomic mass is 79.9. The van der Waals surface area contributed by atoms with Crippen molar-refractivity contribution in [2.75, 3.05) is 23.7 Å². The molecule has 0 radical (unpaired) electrons. The number of halogens is 1. The zero-order valence-corrected chi connectivity index (χ0v) is 18.8. The molecular formula is C20H25BrN2O4S. The standard InChI is InChI=1S/C20H25BrN2O4S/c1-5-27-18-9-6-16(7-10-18)15(3)22-20(24)13-23(28(4,25)26)17-8-11-19(21)14(2)12-17/h6-12,15H,5,13H2,1-4H3,(H,22,24)/t15-/m0/s1. The quantitative estimate of drug-likeness (QED) is 0.638. The van der Waals surface area contributed by atoms with Crippen LogP contribution in [0.25, 0.3) is 0 Å². The van der Waals surface area contributed by atoms with Gasteiger partial charge in [-0.1, -0.05) is 28.1 Å². The van der Waals surface area contributed by atoms with E-state index < -0.39 is 10.0 Å². The summed E-state index contributed by atoms with van der Waals surface area (Å²) in [5.41, 5.74) is 2.24. The highest BCUT2D eigenvalue weighted by molar-refractivity contribution is 9.10. The van der Waals surface area contributed by atoms with Gasteiger partial charge in [-0.05, 0) is 62.2 Å². The minimum absolute atomic E-state index is 0.267. The predicted molar refractivity (Wildman–Crippen MR) is 115 cm³/mol. The minimum Gasteiger partial charge on any atom is -0.494 e. The summed E-state index contributed by atoms with van der Waals surface area (Å²) in [4.78, 5) is 12.5. The fraction of sp³-hybridized carbons (Fsp3) is 0.350. The second-order valence-corrected chi connectivity index (χ2v) is 9.26. The number of hydrogen-bond donors (Lipinski definition) is 1. The first-order valence-electron chi connectivity index (χ1n) is 8.87. The molecule has 0 saturated heterocycles. The van der Waals surface area contributed by atoms with Crippen LogP contribution >= 0.6 is 15.9 Å². The molecule has 1 amide bonds. The van der Waals surface area contributed by atoms with Crippen molar-refractivity contribution >= 4 is 37.5 Å². The molecule has 0 spiro atoms. The zero-order valence-electron chi connectivity index (χ0n) is 16.4. The molecule has 0 aliphatic heterocycles. The van der Waals surface area contributed by atoms with Gasteiger partial charge in [0.1, 0.15) is 12.3 Å². The summed E-state index contributed by atoms with van der Waals surface area (Å²) in [5.74, 6) is 0.381. The second-order valence-electron chi connectivity index (χ2n) is 6.49. The zero-order chi connectivity index (χ0) is 20.9. The highest BCUT2D eigenvalue weighted by Gasteiger charge is 2.22. The predicted octanol–water partition coefficient (Wildman–Crippen LogP) is 3.80. The number of benzene rings is 2. The summed E-state index contributed by atoms with van der Waals surface area (Å²) in [6, 6.07) is 12.3. The number of amides is 1. The van der Waals surface area contributed by atoms with Crippen LogP contribution in [0.2, 0.25) is 0 Å². The first-order valence-corrected chi connectivity index (χ1v) is 11.5. The van der Waals surface area contributed by atoms with Gasteiger partial charge in [-0.25, -0.2) is 8.42 Å². The van der Waals surface area contributed by atoms with Gasteiger partial charge in [0.25, 0.3) is 0 Å². The molecule has 2 rings (SSSR count). The van der Waals surface area contributed by atoms with Crippen LogP contribution in [0.4, 0.5) is 5.69 Å². The first kappa shape index (κ1) is 22.2. The maximum Gasteiger partial charge on any atom is 0.241 e. The molecule has 0 heterocycles. The Kier molecular flexibility index (Phi) is 7.48. The molecule has 0 saturated carbocycles. The van der Waals surface area contributed by atoms with E-state index in [2.05, 4.69) is 21.2 Å². The smallest absolute Gasteiger partial charge is 0.241 e. The van der Waals surface area contributed by atoms with Crippen molar-refractivity contribution in [3.8, 4) is 5.75 Å². The molecule has 0 aliphatic carbocycles. The van der Waals surface area contributed by atoms with Crippen molar-refractivity contribution in [1.82, 2.24) is 5.32 Å². The average molecular weight is 469 g/mol. The van der Waals surface area contributed by atoms with Crippen LogP contribution in [-0.4, -0.2) is 33.7 Å². The number of ether oxygens (including phenoxy) is 1. The maximum absolute atomic E-state index is 12.5. The summed E-state index contributed by atoms with van der Waals surface area (Å²) >= 11 is 3.40. The lowest BCUT2D eigenvalue weighted by Gasteiger charge is -2.24. The van der Waals surface area contributed by atoms with Gasteiger partial charge in [0.15, 0.2) is 0 Å². The van der Waals surface area contributed by atoms with Gasteiger partial charge in [-0.15, -0.1) is 0 Å². The summed E-state index contributed by atoms with van der Waals surface area (Å²) in [6.45, 7) is 5.92. The number of carbonyl (C=O) groups excluding carboxylic acids is 1. The minimum atomic E-state index is -3.61. The number of anilines is 1. The van der Waals surface area contributed by atoms with Crippen LogP contribution in [0, 0.1) is 6.92 Å². The van der Waals surface area contributed by atoms with E-state index >= 15 is 0 Å². The van der Waals surface area contributed by atoms with E-state index in [1.165, 1.54) is 0 Å². The summed E-state index contributed by atoms with van der Waals surface area (Å²) in [7, 11) is -3.61. The van der Waals surface area contributed by atoms with Gasteiger partial charge in [0.05, 0.1) is 24.6 Å². The maximum atomic E-state index is 12.5. The van der Waals surface area contributed by atoms with Crippen LogP contribution in [0.15, 0.2) is 46.9 Å². The fourth-order valence-electron chi connectivity index (χ4n) is 2.70. The summed E-state index contributed by atoms with van der Waals surface area (Å²) < 4.78 is 31.9. The molecule has 0 unspecified atom stereocenters. The second kappa shape index (κ2) is 9.43. The van der Waals surface area contributed by atoms with Gasteiger partial charge in [-0.3, -0.25) is 9.10 Å². The monoisotopic (exact) mass is 468 g/mol. The molecule has 2 aromatic carbocycles. The fourth-order valence-corrected chi connectivity index (χ4v) is 3.80. The number of hydrogen-bond acceptors (Lipinski definition) is 4. The molecule has 1 atom stereocenters. The molecule has 0 aromatic heterocycles. The van der Waals surface area contributed by atoms with E-state index in [1.807, 2.05) is 45.0 Å². The Labute approximate surface area is 175 Å². The van der Waals surface area contributed by atoms with Gasteiger partial charge >= 0.3 is 0 Å². The summed E-state index contributed by atoms with van der Waals surface area (Å²) in [5, 5.41) is 2.85. The molecule has 28 heavy (non-hydrogen) atoms. The Hall–Kier alpha value is -2.06. The number of sulfonamides is 1. The van der Waals surface area contributed by atoms with E-state index in [1.54, 1.807) is 18.2 Å². The molecule has 1 N–H and O–H groups in total. The summed E-state index contributed by atoms with van der Waals surface area (Å²) in [6.07, 6.45) is 1.09. The Morgan fingerprint density at radius 3 is 2.39 bits per heavy atom. The number of nitrogens with zero attached hydrogens (tertiary/aromatic N) is 1. The van der Waals surface area contributed by atoms with E-state index in [4.69, 9.17) is 4.74 Å². The number of aryl methyl sites for hydroxylation is 1. The highest BCUT2D eigenvalue weighted by Crippen LogP contribution is 2.24. The normalized spacial score (nSPS) is 12.3. The van der Waals surface area contributed by atoms with Crippen molar-refractivity contribution in [2.45, 2.75) is 26.8 Å². The Morgan fingerprint density at radius 1 is 1.21 bits per heavy atom. The molecule has 152 valence electrons. The van der Waals surface area contributed by atoms with E-state index in [9.17, 15) is 13.2 Å². The van der Waals surface area contributed by atoms with E-state index in [0.29, 0.717) is 12.3 Å². The number of nitrogens with one attached hydrogen (secondary N) is 1. The first-order chi connectivity index (χ1) is 13.1. The van der Waals surface area contributed by atoms with Crippen molar-refractivity contribution < 1.29 is 17.9 Å². The van der Waals surface area contributed by atoms with Crippen molar-refractivity contribution in [2.24, 2.45) is 0 Å². The largest absolute Gasteiger partial charge is 0.494 e. The molecule has 0 aliphatic rings. The van der Waals surface area contributed by atoms with Crippen LogP contribution in [0.1, 0.15) is 31.0 Å². The van der Waals surface area contributed by atoms with Crippen LogP contribution in [-0.2, 0) is 14.8 Å². The molecule has 2 aromatic rings. The third kappa shape index (κ3) is 5.97.